The van der Waals surface area contributed by atoms with Crippen LogP contribution in [0.4, 0.5) is 18.9 Å². The number of nitrogens with one attached hydrogen (secondary N) is 2. The summed E-state index contributed by atoms with van der Waals surface area (Å²) in [6, 6.07) is 5.80. The first-order valence-corrected chi connectivity index (χ1v) is 9.91. The second-order valence-electron chi connectivity index (χ2n) is 8.50. The number of hydrogen-bond acceptors (Lipinski definition) is 7. The largest absolute Gasteiger partial charge is 0.761 e. The van der Waals surface area contributed by atoms with Crippen LogP contribution in [0.15, 0.2) is 47.5 Å². The topological polar surface area (TPSA) is 124 Å². The first kappa shape index (κ1) is 24.1. The SMILES string of the molecule is CC(C)(C)[C@@H](CC(=O)c1cc(=O)[nH]c(-c2ncccn2)n1)c1ccc(C(F)(F)F)c(N[O-])c1. The molecule has 2 heterocycles. The maximum atomic E-state index is 13.2. The van der Waals surface area contributed by atoms with E-state index in [1.54, 1.807) is 6.07 Å². The lowest BCUT2D eigenvalue weighted by molar-refractivity contribution is -0.136. The molecule has 8 nitrogen and oxygen atoms in total. The highest BCUT2D eigenvalue weighted by atomic mass is 19.4. The molecule has 0 radical (unpaired) electrons. The number of halogens is 3. The zero-order chi connectivity index (χ0) is 24.4. The minimum atomic E-state index is -4.71. The average Bonchev–Trinajstić information content (AvgIpc) is 2.75. The molecule has 0 fully saturated rings. The fraction of sp³-hybridized carbons (Fsp3) is 0.318. The summed E-state index contributed by atoms with van der Waals surface area (Å²) in [5, 5.41) is 11.2. The van der Waals surface area contributed by atoms with Crippen LogP contribution < -0.4 is 11.0 Å². The summed E-state index contributed by atoms with van der Waals surface area (Å²) in [5.74, 6) is -0.914. The molecule has 2 N–H and O–H groups in total. The van der Waals surface area contributed by atoms with E-state index in [0.717, 1.165) is 18.2 Å². The highest BCUT2D eigenvalue weighted by Crippen LogP contribution is 2.42. The monoisotopic (exact) mass is 460 g/mol. The molecule has 33 heavy (non-hydrogen) atoms. The third-order valence-electron chi connectivity index (χ3n) is 5.10. The number of carbonyl (C=O) groups excluding carboxylic acids is 1. The molecule has 0 amide bonds. The fourth-order valence-electron chi connectivity index (χ4n) is 3.45. The molecule has 174 valence electrons. The van der Waals surface area contributed by atoms with Crippen molar-refractivity contribution in [1.29, 1.82) is 0 Å². The quantitative estimate of drug-likeness (QED) is 0.408. The van der Waals surface area contributed by atoms with Crippen LogP contribution in [0, 0.1) is 10.6 Å². The van der Waals surface area contributed by atoms with Gasteiger partial charge in [0.15, 0.2) is 17.4 Å². The van der Waals surface area contributed by atoms with Gasteiger partial charge in [0.05, 0.1) is 5.56 Å². The molecule has 0 bridgehead atoms. The van der Waals surface area contributed by atoms with Gasteiger partial charge < -0.3 is 15.7 Å². The molecule has 2 aromatic heterocycles. The lowest BCUT2D eigenvalue weighted by Crippen LogP contribution is -2.24. The first-order chi connectivity index (χ1) is 15.4. The Bertz CT molecular complexity index is 1200. The van der Waals surface area contributed by atoms with Crippen molar-refractivity contribution in [2.24, 2.45) is 5.41 Å². The van der Waals surface area contributed by atoms with Crippen molar-refractivity contribution in [1.82, 2.24) is 19.9 Å². The number of carbonyl (C=O) groups is 1. The van der Waals surface area contributed by atoms with Crippen molar-refractivity contribution in [3.63, 3.8) is 0 Å². The lowest BCUT2D eigenvalue weighted by Gasteiger charge is -2.32. The van der Waals surface area contributed by atoms with Crippen LogP contribution >= 0.6 is 0 Å². The van der Waals surface area contributed by atoms with E-state index in [0.29, 0.717) is 5.56 Å². The molecule has 3 aromatic rings. The summed E-state index contributed by atoms with van der Waals surface area (Å²) in [5.41, 5.74) is -1.27. The number of H-pyrrole nitrogens is 1. The number of Topliss-reactive ketones (excluding diaryl/α,β-unsaturated/α-hetero) is 1. The summed E-state index contributed by atoms with van der Waals surface area (Å²) < 4.78 is 39.5. The first-order valence-electron chi connectivity index (χ1n) is 9.91. The smallest absolute Gasteiger partial charge is 0.418 e. The van der Waals surface area contributed by atoms with Gasteiger partial charge in [-0.15, -0.1) is 0 Å². The van der Waals surface area contributed by atoms with Crippen LogP contribution in [0.1, 0.15) is 54.7 Å². The Labute approximate surface area is 186 Å². The van der Waals surface area contributed by atoms with E-state index in [4.69, 9.17) is 0 Å². The van der Waals surface area contributed by atoms with E-state index in [1.807, 2.05) is 20.8 Å². The van der Waals surface area contributed by atoms with E-state index in [1.165, 1.54) is 23.9 Å². The number of nitrogens with zero attached hydrogens (tertiary/aromatic N) is 3. The third kappa shape index (κ3) is 5.61. The number of benzene rings is 1. The predicted octanol–water partition coefficient (Wildman–Crippen LogP) is 4.56. The van der Waals surface area contributed by atoms with Crippen molar-refractivity contribution >= 4 is 11.5 Å². The van der Waals surface area contributed by atoms with Crippen LogP contribution in [-0.2, 0) is 6.18 Å². The molecule has 0 spiro atoms. The zero-order valence-electron chi connectivity index (χ0n) is 18.0. The van der Waals surface area contributed by atoms with Gasteiger partial charge in [-0.05, 0) is 35.1 Å². The Kier molecular flexibility index (Phi) is 6.63. The van der Waals surface area contributed by atoms with Crippen molar-refractivity contribution in [3.05, 3.63) is 75.1 Å². The van der Waals surface area contributed by atoms with Crippen LogP contribution in [0.3, 0.4) is 0 Å². The molecule has 0 aliphatic carbocycles. The molecule has 0 saturated carbocycles. The van der Waals surface area contributed by atoms with Crippen molar-refractivity contribution < 1.29 is 18.0 Å². The van der Waals surface area contributed by atoms with Gasteiger partial charge in [-0.2, -0.15) is 13.2 Å². The van der Waals surface area contributed by atoms with Crippen LogP contribution in [-0.4, -0.2) is 25.7 Å². The number of aromatic nitrogens is 4. The minimum absolute atomic E-state index is 0.0196. The van der Waals surface area contributed by atoms with Gasteiger partial charge in [0, 0.05) is 30.6 Å². The average molecular weight is 460 g/mol. The Hall–Kier alpha value is -3.60. The number of aromatic amines is 1. The second-order valence-corrected chi connectivity index (χ2v) is 8.50. The number of hydrogen-bond donors (Lipinski definition) is 2. The highest BCUT2D eigenvalue weighted by molar-refractivity contribution is 5.95. The van der Waals surface area contributed by atoms with Crippen LogP contribution in [0.25, 0.3) is 11.6 Å². The third-order valence-corrected chi connectivity index (χ3v) is 5.10. The van der Waals surface area contributed by atoms with E-state index in [2.05, 4.69) is 19.9 Å². The Morgan fingerprint density at radius 3 is 2.39 bits per heavy atom. The molecule has 3 rings (SSSR count). The molecule has 1 atom stereocenters. The standard InChI is InChI=1S/C22H21F3N5O3/c1-21(2,3)14(12-5-6-13(22(23,24)25)15(9-12)30-33)10-17(31)16-11-18(32)29-20(28-16)19-26-7-4-8-27-19/h4-9,11,14,30H,10H2,1-3H3,(H,28,29,32)/q-1/t14-/m0/s1. The van der Waals surface area contributed by atoms with Crippen LogP contribution in [0.2, 0.25) is 0 Å². The summed E-state index contributed by atoms with van der Waals surface area (Å²) in [6.07, 6.45) is -1.95. The van der Waals surface area contributed by atoms with E-state index < -0.39 is 40.1 Å². The summed E-state index contributed by atoms with van der Waals surface area (Å²) in [4.78, 5) is 39.8. The lowest BCUT2D eigenvalue weighted by atomic mass is 9.73. The molecule has 1 aromatic carbocycles. The molecular formula is C22H21F3N5O3-. The van der Waals surface area contributed by atoms with Gasteiger partial charge in [0.2, 0.25) is 0 Å². The van der Waals surface area contributed by atoms with Gasteiger partial charge in [-0.1, -0.05) is 26.8 Å². The Morgan fingerprint density at radius 1 is 1.15 bits per heavy atom. The van der Waals surface area contributed by atoms with Gasteiger partial charge >= 0.3 is 6.18 Å². The summed E-state index contributed by atoms with van der Waals surface area (Å²) in [6.45, 7) is 5.46. The van der Waals surface area contributed by atoms with Gasteiger partial charge in [0.1, 0.15) is 5.69 Å². The maximum absolute atomic E-state index is 13.2. The van der Waals surface area contributed by atoms with E-state index >= 15 is 0 Å². The summed E-state index contributed by atoms with van der Waals surface area (Å²) >= 11 is 0. The van der Waals surface area contributed by atoms with Crippen molar-refractivity contribution in [2.75, 3.05) is 5.48 Å². The molecule has 0 aliphatic rings. The minimum Gasteiger partial charge on any atom is -0.761 e. The normalized spacial score (nSPS) is 12.9. The van der Waals surface area contributed by atoms with Crippen molar-refractivity contribution in [3.8, 4) is 11.6 Å². The number of alkyl halides is 3. The Balaban J connectivity index is 1.98. The number of rotatable bonds is 6. The molecule has 0 saturated heterocycles. The maximum Gasteiger partial charge on any atom is 0.418 e. The fourth-order valence-corrected chi connectivity index (χ4v) is 3.45. The second kappa shape index (κ2) is 9.10. The van der Waals surface area contributed by atoms with Crippen molar-refractivity contribution in [2.45, 2.75) is 39.3 Å². The molecule has 0 aliphatic heterocycles. The molecular weight excluding hydrogens is 439 g/mol. The van der Waals surface area contributed by atoms with Gasteiger partial charge in [-0.3, -0.25) is 9.59 Å². The van der Waals surface area contributed by atoms with Crippen LogP contribution in [0.5, 0.6) is 0 Å². The van der Waals surface area contributed by atoms with E-state index in [9.17, 15) is 28.0 Å². The predicted molar refractivity (Wildman–Crippen MR) is 115 cm³/mol. The van der Waals surface area contributed by atoms with Gasteiger partial charge in [-0.25, -0.2) is 15.0 Å². The molecule has 11 heteroatoms. The summed E-state index contributed by atoms with van der Waals surface area (Å²) in [7, 11) is 0. The van der Waals surface area contributed by atoms with E-state index in [-0.39, 0.29) is 23.8 Å². The van der Waals surface area contributed by atoms with Gasteiger partial charge in [0.25, 0.3) is 5.56 Å². The number of ketones is 1. The Morgan fingerprint density at radius 2 is 1.82 bits per heavy atom. The highest BCUT2D eigenvalue weighted by Gasteiger charge is 2.35. The zero-order valence-corrected chi connectivity index (χ0v) is 18.0. The number of anilines is 1. The molecule has 0 unspecified atom stereocenters.